The van der Waals surface area contributed by atoms with Crippen LogP contribution in [-0.2, 0) is 4.79 Å². The summed E-state index contributed by atoms with van der Waals surface area (Å²) in [7, 11) is 1.45. The van der Waals surface area contributed by atoms with E-state index in [0.29, 0.717) is 17.7 Å². The number of nitrogen functional groups attached to an aromatic ring is 1. The molecule has 0 saturated heterocycles. The van der Waals surface area contributed by atoms with Gasteiger partial charge >= 0.3 is 0 Å². The van der Waals surface area contributed by atoms with Gasteiger partial charge in [-0.15, -0.1) is 0 Å². The highest BCUT2D eigenvalue weighted by molar-refractivity contribution is 7.19. The molecule has 0 aliphatic heterocycles. The van der Waals surface area contributed by atoms with Gasteiger partial charge < -0.3 is 25.6 Å². The van der Waals surface area contributed by atoms with E-state index in [1.807, 2.05) is 0 Å². The summed E-state index contributed by atoms with van der Waals surface area (Å²) in [6.07, 6.45) is 1.78. The van der Waals surface area contributed by atoms with Crippen LogP contribution in [0.15, 0.2) is 40.9 Å². The van der Waals surface area contributed by atoms with E-state index in [-0.39, 0.29) is 61.6 Å². The van der Waals surface area contributed by atoms with E-state index in [1.165, 1.54) is 19.2 Å². The number of nitrogens with two attached hydrogens (primary N) is 1. The van der Waals surface area contributed by atoms with Crippen molar-refractivity contribution in [2.75, 3.05) is 23.5 Å². The molecule has 0 radical (unpaired) electrons. The van der Waals surface area contributed by atoms with E-state index in [0.717, 1.165) is 30.2 Å². The van der Waals surface area contributed by atoms with Crippen LogP contribution in [0.1, 0.15) is 44.0 Å². The van der Waals surface area contributed by atoms with Gasteiger partial charge in [-0.2, -0.15) is 4.98 Å². The quantitative estimate of drug-likeness (QED) is 0.230. The topological polar surface area (TPSA) is 145 Å². The second-order valence-electron chi connectivity index (χ2n) is 11.0. The highest BCUT2D eigenvalue weighted by Crippen LogP contribution is 2.47. The lowest BCUT2D eigenvalue weighted by Gasteiger charge is -2.17. The van der Waals surface area contributed by atoms with Crippen molar-refractivity contribution in [2.45, 2.75) is 33.6 Å². The Morgan fingerprint density at radius 3 is 2.66 bits per heavy atom. The van der Waals surface area contributed by atoms with Crippen LogP contribution in [0.2, 0.25) is 0 Å². The molecule has 4 aromatic rings. The minimum Gasteiger partial charge on any atom is -0.497 e. The number of nitrogens with one attached hydrogen (secondary N) is 2. The molecule has 41 heavy (non-hydrogen) atoms. The Hall–Kier alpha value is -4.39. The predicted molar refractivity (Wildman–Crippen MR) is 150 cm³/mol. The van der Waals surface area contributed by atoms with Crippen molar-refractivity contribution in [3.63, 3.8) is 0 Å². The number of nitrogens with zero attached hydrogens (tertiary/aromatic N) is 3. The van der Waals surface area contributed by atoms with Gasteiger partial charge in [0.1, 0.15) is 28.1 Å². The van der Waals surface area contributed by atoms with Gasteiger partial charge in [0.25, 0.3) is 11.8 Å². The van der Waals surface area contributed by atoms with Crippen LogP contribution in [-0.4, -0.2) is 34.0 Å². The maximum Gasteiger partial charge on any atom is 0.272 e. The molecule has 4 N–H and O–H groups in total. The van der Waals surface area contributed by atoms with Crippen LogP contribution in [0.25, 0.3) is 22.2 Å². The van der Waals surface area contributed by atoms with Crippen LogP contribution < -0.4 is 21.1 Å². The van der Waals surface area contributed by atoms with E-state index < -0.39 is 17.5 Å². The predicted octanol–water partition coefficient (Wildman–Crippen LogP) is 5.99. The first-order valence-electron chi connectivity index (χ1n) is 12.8. The van der Waals surface area contributed by atoms with Crippen molar-refractivity contribution in [3.8, 4) is 27.9 Å². The number of hydrogen-bond donors (Lipinski definition) is 3. The standard InChI is InChI=1S/C28H28F2N6O4S/c1-28(2,3)12-14-9-16(14)25(38)35-27-33-22(31)21(41-27)26-34-23(36-40-26)17-10-20(19(30)11-18(17)29)32-24(37)13-6-5-7-15(8-13)39-4/h5-8,10-11,14,16H,9,12,31H2,1-4H3,(H,32,37)(H,33,35,38)/t14?,16-/m0/s1. The Morgan fingerprint density at radius 2 is 1.93 bits per heavy atom. The summed E-state index contributed by atoms with van der Waals surface area (Å²) in [5.74, 6) is -2.20. The van der Waals surface area contributed by atoms with Crippen molar-refractivity contribution in [3.05, 3.63) is 53.6 Å². The van der Waals surface area contributed by atoms with Gasteiger partial charge in [0.15, 0.2) is 5.13 Å². The molecule has 13 heteroatoms. The van der Waals surface area contributed by atoms with E-state index >= 15 is 0 Å². The number of methoxy groups -OCH3 is 1. The van der Waals surface area contributed by atoms with Gasteiger partial charge in [-0.1, -0.05) is 43.3 Å². The van der Waals surface area contributed by atoms with Crippen molar-refractivity contribution in [2.24, 2.45) is 17.3 Å². The van der Waals surface area contributed by atoms with Crippen molar-refractivity contribution in [1.29, 1.82) is 0 Å². The Bertz CT molecular complexity index is 1630. The molecule has 214 valence electrons. The minimum atomic E-state index is -0.987. The zero-order valence-electron chi connectivity index (χ0n) is 22.7. The third-order valence-corrected chi connectivity index (χ3v) is 7.49. The Kier molecular flexibility index (Phi) is 7.47. The fraction of sp³-hybridized carbons (Fsp3) is 0.321. The van der Waals surface area contributed by atoms with Crippen molar-refractivity contribution < 1.29 is 27.6 Å². The summed E-state index contributed by atoms with van der Waals surface area (Å²) < 4.78 is 39.7. The van der Waals surface area contributed by atoms with Gasteiger partial charge in [-0.3, -0.25) is 9.59 Å². The molecule has 1 aliphatic carbocycles. The maximum absolute atomic E-state index is 14.8. The SMILES string of the molecule is COc1cccc(C(=O)Nc2cc(-c3noc(-c4sc(NC(=O)[C@H]5CC5CC(C)(C)C)nc4N)n3)c(F)cc2F)c1. The molecule has 2 aromatic carbocycles. The van der Waals surface area contributed by atoms with Crippen LogP contribution in [0, 0.1) is 28.9 Å². The molecule has 2 amide bonds. The number of carbonyl (C=O) groups excluding carboxylic acids is 2. The Labute approximate surface area is 238 Å². The van der Waals surface area contributed by atoms with Crippen molar-refractivity contribution >= 4 is 39.8 Å². The fourth-order valence-corrected chi connectivity index (χ4v) is 5.33. The number of rotatable bonds is 8. The summed E-state index contributed by atoms with van der Waals surface area (Å²) in [4.78, 5) is 34.0. The largest absolute Gasteiger partial charge is 0.497 e. The average molecular weight is 583 g/mol. The first-order chi connectivity index (χ1) is 19.4. The summed E-state index contributed by atoms with van der Waals surface area (Å²) in [6.45, 7) is 6.43. The molecule has 2 aromatic heterocycles. The average Bonchev–Trinajstić information content (AvgIpc) is 3.31. The number of anilines is 3. The summed E-state index contributed by atoms with van der Waals surface area (Å²) in [6, 6.07) is 7.96. The molecule has 1 unspecified atom stereocenters. The lowest BCUT2D eigenvalue weighted by molar-refractivity contribution is -0.117. The third kappa shape index (κ3) is 6.35. The van der Waals surface area contributed by atoms with Gasteiger partial charge in [-0.25, -0.2) is 13.8 Å². The lowest BCUT2D eigenvalue weighted by atomic mass is 9.89. The van der Waals surface area contributed by atoms with Gasteiger partial charge in [0.05, 0.1) is 18.4 Å². The fourth-order valence-electron chi connectivity index (χ4n) is 4.52. The second-order valence-corrected chi connectivity index (χ2v) is 12.0. The first kappa shape index (κ1) is 28.1. The van der Waals surface area contributed by atoms with E-state index in [4.69, 9.17) is 15.0 Å². The first-order valence-corrected chi connectivity index (χ1v) is 13.6. The Morgan fingerprint density at radius 1 is 1.15 bits per heavy atom. The molecule has 1 saturated carbocycles. The van der Waals surface area contributed by atoms with Crippen LogP contribution in [0.3, 0.4) is 0 Å². The lowest BCUT2D eigenvalue weighted by Crippen LogP contribution is -2.16. The van der Waals surface area contributed by atoms with Crippen LogP contribution in [0.5, 0.6) is 5.75 Å². The molecule has 10 nitrogen and oxygen atoms in total. The molecule has 2 atom stereocenters. The van der Waals surface area contributed by atoms with Crippen LogP contribution >= 0.6 is 11.3 Å². The normalized spacial score (nSPS) is 16.3. The number of halogens is 2. The molecular formula is C28H28F2N6O4S. The third-order valence-electron chi connectivity index (χ3n) is 6.52. The van der Waals surface area contributed by atoms with Crippen LogP contribution in [0.4, 0.5) is 25.4 Å². The summed E-state index contributed by atoms with van der Waals surface area (Å²) in [5, 5.41) is 9.31. The molecule has 2 heterocycles. The molecule has 0 bridgehead atoms. The maximum atomic E-state index is 14.8. The smallest absolute Gasteiger partial charge is 0.272 e. The summed E-state index contributed by atoms with van der Waals surface area (Å²) >= 11 is 1.04. The van der Waals surface area contributed by atoms with E-state index in [1.54, 1.807) is 12.1 Å². The zero-order valence-corrected chi connectivity index (χ0v) is 23.6. The molecular weight excluding hydrogens is 554 g/mol. The Balaban J connectivity index is 1.32. The molecule has 5 rings (SSSR count). The summed E-state index contributed by atoms with van der Waals surface area (Å²) in [5.41, 5.74) is 5.90. The molecule has 1 aliphatic rings. The number of amides is 2. The highest BCUT2D eigenvalue weighted by Gasteiger charge is 2.44. The van der Waals surface area contributed by atoms with Gasteiger partial charge in [0.2, 0.25) is 11.7 Å². The minimum absolute atomic E-state index is 0.0494. The van der Waals surface area contributed by atoms with Crippen molar-refractivity contribution in [1.82, 2.24) is 15.1 Å². The number of aromatic nitrogens is 3. The van der Waals surface area contributed by atoms with Gasteiger partial charge in [-0.05, 0) is 48.4 Å². The monoisotopic (exact) mass is 582 g/mol. The van der Waals surface area contributed by atoms with E-state index in [2.05, 4.69) is 46.5 Å². The number of ether oxygens (including phenoxy) is 1. The number of thiazole rings is 1. The highest BCUT2D eigenvalue weighted by atomic mass is 32.1. The second kappa shape index (κ2) is 10.9. The number of carbonyl (C=O) groups is 2. The van der Waals surface area contributed by atoms with E-state index in [9.17, 15) is 18.4 Å². The zero-order chi connectivity index (χ0) is 29.5. The molecule has 0 spiro atoms. The van der Waals surface area contributed by atoms with Gasteiger partial charge in [0, 0.05) is 17.5 Å². The number of benzene rings is 2. The molecule has 1 fully saturated rings. The number of hydrogen-bond acceptors (Lipinski definition) is 9.